The number of hydrogen-bond acceptors (Lipinski definition) is 2. The quantitative estimate of drug-likeness (QED) is 0.898. The van der Waals surface area contributed by atoms with Gasteiger partial charge in [0.05, 0.1) is 0 Å². The molecule has 21 heavy (non-hydrogen) atoms. The van der Waals surface area contributed by atoms with Gasteiger partial charge in [-0.05, 0) is 57.2 Å². The maximum absolute atomic E-state index is 3.82. The van der Waals surface area contributed by atoms with Crippen molar-refractivity contribution in [3.05, 3.63) is 29.3 Å². The number of nitrogens with one attached hydrogen (secondary N) is 1. The van der Waals surface area contributed by atoms with Crippen molar-refractivity contribution in [2.75, 3.05) is 18.0 Å². The molecule has 1 fully saturated rings. The molecule has 1 aliphatic carbocycles. The highest BCUT2D eigenvalue weighted by molar-refractivity contribution is 5.57. The summed E-state index contributed by atoms with van der Waals surface area (Å²) >= 11 is 0. The SMILES string of the molecule is CCCNC1CCCCC1N1CCCc2cc(C)ccc21. The average molecular weight is 286 g/mol. The van der Waals surface area contributed by atoms with Gasteiger partial charge in [-0.1, -0.05) is 37.5 Å². The molecule has 1 heterocycles. The van der Waals surface area contributed by atoms with E-state index in [1.54, 1.807) is 5.56 Å². The molecule has 116 valence electrons. The van der Waals surface area contributed by atoms with Gasteiger partial charge < -0.3 is 10.2 Å². The molecule has 1 aromatic carbocycles. The van der Waals surface area contributed by atoms with E-state index in [9.17, 15) is 0 Å². The standard InChI is InChI=1S/C19H30N2/c1-3-12-20-17-8-4-5-9-19(17)21-13-6-7-16-14-15(2)10-11-18(16)21/h10-11,14,17,19-20H,3-9,12-13H2,1-2H3. The summed E-state index contributed by atoms with van der Waals surface area (Å²) in [5.74, 6) is 0. The number of benzene rings is 1. The molecule has 1 aromatic rings. The fourth-order valence-corrected chi connectivity index (χ4v) is 4.15. The van der Waals surface area contributed by atoms with Gasteiger partial charge in [-0.2, -0.15) is 0 Å². The Labute approximate surface area is 129 Å². The molecule has 1 N–H and O–H groups in total. The lowest BCUT2D eigenvalue weighted by Gasteiger charge is -2.44. The summed E-state index contributed by atoms with van der Waals surface area (Å²) in [4.78, 5) is 2.73. The Morgan fingerprint density at radius 1 is 1.19 bits per heavy atom. The number of aryl methyl sites for hydroxylation is 2. The third-order valence-corrected chi connectivity index (χ3v) is 5.18. The van der Waals surface area contributed by atoms with E-state index in [1.807, 2.05) is 0 Å². The minimum Gasteiger partial charge on any atom is -0.367 e. The first-order valence-electron chi connectivity index (χ1n) is 8.89. The first-order chi connectivity index (χ1) is 10.3. The van der Waals surface area contributed by atoms with E-state index >= 15 is 0 Å². The summed E-state index contributed by atoms with van der Waals surface area (Å²) in [5.41, 5.74) is 4.49. The van der Waals surface area contributed by atoms with Crippen molar-refractivity contribution in [2.24, 2.45) is 0 Å². The third-order valence-electron chi connectivity index (χ3n) is 5.18. The van der Waals surface area contributed by atoms with E-state index in [1.165, 1.54) is 62.7 Å². The highest BCUT2D eigenvalue weighted by Gasteiger charge is 2.32. The zero-order valence-electron chi connectivity index (χ0n) is 13.7. The van der Waals surface area contributed by atoms with Crippen LogP contribution in [0.15, 0.2) is 18.2 Å². The maximum atomic E-state index is 3.82. The summed E-state index contributed by atoms with van der Waals surface area (Å²) in [6.45, 7) is 6.88. The van der Waals surface area contributed by atoms with Crippen molar-refractivity contribution in [1.29, 1.82) is 0 Å². The second-order valence-corrected chi connectivity index (χ2v) is 6.84. The first kappa shape index (κ1) is 14.9. The van der Waals surface area contributed by atoms with E-state index in [2.05, 4.69) is 42.3 Å². The number of hydrogen-bond donors (Lipinski definition) is 1. The van der Waals surface area contributed by atoms with Crippen LogP contribution in [0.3, 0.4) is 0 Å². The highest BCUT2D eigenvalue weighted by Crippen LogP contribution is 2.34. The molecule has 2 aliphatic rings. The molecule has 0 bridgehead atoms. The largest absolute Gasteiger partial charge is 0.367 e. The zero-order chi connectivity index (χ0) is 14.7. The van der Waals surface area contributed by atoms with Crippen LogP contribution in [0, 0.1) is 6.92 Å². The molecule has 1 aliphatic heterocycles. The Hall–Kier alpha value is -1.02. The number of nitrogens with zero attached hydrogens (tertiary/aromatic N) is 1. The molecule has 3 rings (SSSR count). The van der Waals surface area contributed by atoms with Gasteiger partial charge in [-0.25, -0.2) is 0 Å². The van der Waals surface area contributed by atoms with Crippen LogP contribution in [0.1, 0.15) is 56.6 Å². The van der Waals surface area contributed by atoms with Gasteiger partial charge in [0.15, 0.2) is 0 Å². The summed E-state index contributed by atoms with van der Waals surface area (Å²) in [5, 5.41) is 3.82. The Bertz CT molecular complexity index is 469. The fourth-order valence-electron chi connectivity index (χ4n) is 4.15. The minimum absolute atomic E-state index is 0.686. The van der Waals surface area contributed by atoms with E-state index in [0.29, 0.717) is 12.1 Å². The summed E-state index contributed by atoms with van der Waals surface area (Å²) in [6, 6.07) is 8.45. The molecule has 0 aromatic heterocycles. The van der Waals surface area contributed by atoms with Crippen molar-refractivity contribution in [3.8, 4) is 0 Å². The van der Waals surface area contributed by atoms with Crippen LogP contribution in [0.25, 0.3) is 0 Å². The molecule has 0 spiro atoms. The van der Waals surface area contributed by atoms with E-state index in [-0.39, 0.29) is 0 Å². The van der Waals surface area contributed by atoms with Gasteiger partial charge in [0.1, 0.15) is 0 Å². The number of fused-ring (bicyclic) bond motifs is 1. The second kappa shape index (κ2) is 6.83. The summed E-state index contributed by atoms with van der Waals surface area (Å²) in [6.07, 6.45) is 9.30. The van der Waals surface area contributed by atoms with Crippen LogP contribution in [-0.2, 0) is 6.42 Å². The second-order valence-electron chi connectivity index (χ2n) is 6.84. The smallest absolute Gasteiger partial charge is 0.0443 e. The number of anilines is 1. The predicted molar refractivity (Wildman–Crippen MR) is 91.2 cm³/mol. The molecule has 2 atom stereocenters. The van der Waals surface area contributed by atoms with Crippen LogP contribution >= 0.6 is 0 Å². The molecule has 1 saturated carbocycles. The highest BCUT2D eigenvalue weighted by atomic mass is 15.2. The molecule has 0 amide bonds. The van der Waals surface area contributed by atoms with Crippen LogP contribution in [0.2, 0.25) is 0 Å². The predicted octanol–water partition coefficient (Wildman–Crippen LogP) is 4.06. The summed E-state index contributed by atoms with van der Waals surface area (Å²) < 4.78 is 0. The van der Waals surface area contributed by atoms with Crippen molar-refractivity contribution in [2.45, 2.75) is 70.9 Å². The average Bonchev–Trinajstić information content (AvgIpc) is 2.52. The van der Waals surface area contributed by atoms with Gasteiger partial charge in [-0.3, -0.25) is 0 Å². The van der Waals surface area contributed by atoms with Crippen LogP contribution in [0.4, 0.5) is 5.69 Å². The van der Waals surface area contributed by atoms with E-state index in [4.69, 9.17) is 0 Å². The van der Waals surface area contributed by atoms with Gasteiger partial charge >= 0.3 is 0 Å². The fraction of sp³-hybridized carbons (Fsp3) is 0.684. The maximum Gasteiger partial charge on any atom is 0.0443 e. The number of rotatable bonds is 4. The van der Waals surface area contributed by atoms with Gasteiger partial charge in [0.25, 0.3) is 0 Å². The molecule has 2 unspecified atom stereocenters. The van der Waals surface area contributed by atoms with Crippen LogP contribution in [0.5, 0.6) is 0 Å². The van der Waals surface area contributed by atoms with Crippen LogP contribution in [-0.4, -0.2) is 25.2 Å². The van der Waals surface area contributed by atoms with Gasteiger partial charge in [-0.15, -0.1) is 0 Å². The molecule has 2 heteroatoms. The first-order valence-corrected chi connectivity index (χ1v) is 8.89. The molecular formula is C19H30N2. The summed E-state index contributed by atoms with van der Waals surface area (Å²) in [7, 11) is 0. The lowest BCUT2D eigenvalue weighted by atomic mass is 9.86. The van der Waals surface area contributed by atoms with Crippen molar-refractivity contribution in [1.82, 2.24) is 5.32 Å². The lowest BCUT2D eigenvalue weighted by molar-refractivity contribution is 0.310. The molecule has 0 saturated heterocycles. The van der Waals surface area contributed by atoms with Gasteiger partial charge in [0, 0.05) is 24.3 Å². The molecular weight excluding hydrogens is 256 g/mol. The van der Waals surface area contributed by atoms with E-state index in [0.717, 1.165) is 6.54 Å². The van der Waals surface area contributed by atoms with Crippen molar-refractivity contribution in [3.63, 3.8) is 0 Å². The van der Waals surface area contributed by atoms with Crippen molar-refractivity contribution < 1.29 is 0 Å². The third kappa shape index (κ3) is 3.26. The zero-order valence-corrected chi connectivity index (χ0v) is 13.7. The monoisotopic (exact) mass is 286 g/mol. The van der Waals surface area contributed by atoms with Gasteiger partial charge in [0.2, 0.25) is 0 Å². The minimum atomic E-state index is 0.686. The Morgan fingerprint density at radius 2 is 2.05 bits per heavy atom. The van der Waals surface area contributed by atoms with Crippen molar-refractivity contribution >= 4 is 5.69 Å². The Kier molecular flexibility index (Phi) is 4.84. The lowest BCUT2D eigenvalue weighted by Crippen LogP contribution is -2.53. The topological polar surface area (TPSA) is 15.3 Å². The van der Waals surface area contributed by atoms with E-state index < -0.39 is 0 Å². The normalized spacial score (nSPS) is 25.7. The molecule has 0 radical (unpaired) electrons. The Morgan fingerprint density at radius 3 is 2.90 bits per heavy atom. The molecule has 2 nitrogen and oxygen atoms in total. The van der Waals surface area contributed by atoms with Crippen LogP contribution < -0.4 is 10.2 Å². The Balaban J connectivity index is 1.82.